The molecule has 0 saturated heterocycles. The molecule has 0 heterocycles. The molecule has 0 unspecified atom stereocenters. The van der Waals surface area contributed by atoms with E-state index in [0.717, 1.165) is 96.6 Å². The Kier molecular flexibility index (Phi) is 39.1. The third kappa shape index (κ3) is 36.3. The van der Waals surface area contributed by atoms with Crippen molar-refractivity contribution in [1.29, 1.82) is 0 Å². The van der Waals surface area contributed by atoms with Crippen molar-refractivity contribution >= 4 is 11.9 Å². The van der Waals surface area contributed by atoms with E-state index in [-0.39, 0.29) is 24.8 Å². The number of allylic oxidation sites excluding steroid dienone is 1. The Hall–Kier alpha value is -1.48. The summed E-state index contributed by atoms with van der Waals surface area (Å²) in [6.07, 6.45) is 31.1. The second-order valence-corrected chi connectivity index (χ2v) is 13.9. The molecule has 0 bridgehead atoms. The molecule has 0 rings (SSSR count). The van der Waals surface area contributed by atoms with Crippen LogP contribution in [0, 0.1) is 0 Å². The topological polar surface area (TPSA) is 94.5 Å². The second kappa shape index (κ2) is 40.3. The van der Waals surface area contributed by atoms with Gasteiger partial charge >= 0.3 is 11.9 Å². The van der Waals surface area contributed by atoms with E-state index in [4.69, 9.17) is 18.9 Å². The van der Waals surface area contributed by atoms with E-state index in [1.54, 1.807) is 0 Å². The summed E-state index contributed by atoms with van der Waals surface area (Å²) in [5.41, 5.74) is 0. The van der Waals surface area contributed by atoms with E-state index in [9.17, 15) is 14.7 Å². The molecule has 0 amide bonds. The molecule has 0 aliphatic rings. The lowest BCUT2D eigenvalue weighted by Crippen LogP contribution is -2.29. The highest BCUT2D eigenvalue weighted by Gasteiger charge is 2.14. The minimum atomic E-state index is -0.325. The predicted octanol–water partition coefficient (Wildman–Crippen LogP) is 10.5. The minimum absolute atomic E-state index is 0.0841. The van der Waals surface area contributed by atoms with E-state index >= 15 is 0 Å². The fourth-order valence-electron chi connectivity index (χ4n) is 5.90. The van der Waals surface area contributed by atoms with Gasteiger partial charge in [-0.05, 0) is 64.5 Å². The summed E-state index contributed by atoms with van der Waals surface area (Å²) in [7, 11) is 0. The number of nitrogens with zero attached hydrogens (tertiary/aromatic N) is 1. The summed E-state index contributed by atoms with van der Waals surface area (Å²) in [6.45, 7) is 11.8. The summed E-state index contributed by atoms with van der Waals surface area (Å²) < 4.78 is 22.9. The smallest absolute Gasteiger partial charge is 0.305 e. The van der Waals surface area contributed by atoms with E-state index in [1.807, 2.05) is 0 Å². The molecule has 0 aromatic carbocycles. The van der Waals surface area contributed by atoms with Crippen LogP contribution in [0.4, 0.5) is 0 Å². The monoisotopic (exact) mass is 712 g/mol. The van der Waals surface area contributed by atoms with Crippen molar-refractivity contribution in [3.63, 3.8) is 0 Å². The van der Waals surface area contributed by atoms with Gasteiger partial charge in [-0.1, -0.05) is 129 Å². The molecule has 0 aromatic heterocycles. The third-order valence-electron chi connectivity index (χ3n) is 9.04. The number of aliphatic hydroxyl groups is 1. The molecule has 0 radical (unpaired) electrons. The highest BCUT2D eigenvalue weighted by molar-refractivity contribution is 5.69. The number of carbonyl (C=O) groups is 2. The fourth-order valence-corrected chi connectivity index (χ4v) is 5.90. The average molecular weight is 712 g/mol. The van der Waals surface area contributed by atoms with E-state index < -0.39 is 0 Å². The standard InChI is InChI=1S/C42H81NO7/c1-4-7-10-13-19-27-38-49-42(50-39-28-20-14-11-8-5-2)31-30-41(46)48-37-26-21-18-24-33-43(34-35-44)32-23-17-15-16-22-29-40(45)47-36-25-12-9-6-3/h9,12,42,44H,4-8,10-11,13-39H2,1-3H3/b12-9-. The van der Waals surface area contributed by atoms with Gasteiger partial charge in [-0.15, -0.1) is 0 Å². The molecule has 0 aliphatic heterocycles. The van der Waals surface area contributed by atoms with Gasteiger partial charge in [-0.3, -0.25) is 9.59 Å². The molecule has 0 spiro atoms. The van der Waals surface area contributed by atoms with Gasteiger partial charge in [0.25, 0.3) is 0 Å². The maximum atomic E-state index is 12.4. The Morgan fingerprint density at radius 2 is 1.02 bits per heavy atom. The van der Waals surface area contributed by atoms with Crippen LogP contribution in [0.25, 0.3) is 0 Å². The Balaban J connectivity index is 4.01. The van der Waals surface area contributed by atoms with Gasteiger partial charge in [0.15, 0.2) is 6.29 Å². The summed E-state index contributed by atoms with van der Waals surface area (Å²) in [6, 6.07) is 0. The zero-order valence-corrected chi connectivity index (χ0v) is 33.1. The van der Waals surface area contributed by atoms with Crippen molar-refractivity contribution < 1.29 is 33.6 Å². The van der Waals surface area contributed by atoms with Crippen molar-refractivity contribution in [2.75, 3.05) is 52.7 Å². The second-order valence-electron chi connectivity index (χ2n) is 13.9. The molecular weight excluding hydrogens is 630 g/mol. The first kappa shape index (κ1) is 48.5. The molecule has 50 heavy (non-hydrogen) atoms. The number of carbonyl (C=O) groups excluding carboxylic acids is 2. The Bertz CT molecular complexity index is 730. The number of rotatable bonds is 40. The Labute approximate surface area is 308 Å². The molecule has 0 aliphatic carbocycles. The van der Waals surface area contributed by atoms with Gasteiger partial charge in [0.2, 0.25) is 0 Å². The fraction of sp³-hybridized carbons (Fsp3) is 0.905. The first-order chi connectivity index (χ1) is 24.6. The maximum Gasteiger partial charge on any atom is 0.305 e. The predicted molar refractivity (Wildman–Crippen MR) is 207 cm³/mol. The molecule has 0 aromatic rings. The molecule has 296 valence electrons. The Morgan fingerprint density at radius 1 is 0.540 bits per heavy atom. The van der Waals surface area contributed by atoms with E-state index in [2.05, 4.69) is 37.8 Å². The van der Waals surface area contributed by atoms with Gasteiger partial charge < -0.3 is 29.0 Å². The van der Waals surface area contributed by atoms with Crippen LogP contribution in [-0.2, 0) is 28.5 Å². The zero-order valence-electron chi connectivity index (χ0n) is 33.1. The first-order valence-electron chi connectivity index (χ1n) is 21.1. The van der Waals surface area contributed by atoms with Crippen molar-refractivity contribution in [2.45, 2.75) is 194 Å². The normalized spacial score (nSPS) is 11.7. The first-order valence-corrected chi connectivity index (χ1v) is 21.1. The van der Waals surface area contributed by atoms with Gasteiger partial charge in [0.1, 0.15) is 0 Å². The molecule has 8 nitrogen and oxygen atoms in total. The summed E-state index contributed by atoms with van der Waals surface area (Å²) in [5.74, 6) is -0.245. The van der Waals surface area contributed by atoms with Crippen molar-refractivity contribution in [2.24, 2.45) is 0 Å². The van der Waals surface area contributed by atoms with Crippen LogP contribution in [0.5, 0.6) is 0 Å². The van der Waals surface area contributed by atoms with Crippen LogP contribution in [0.1, 0.15) is 188 Å². The number of unbranched alkanes of at least 4 members (excludes halogenated alkanes) is 17. The van der Waals surface area contributed by atoms with Crippen LogP contribution in [0.3, 0.4) is 0 Å². The molecule has 0 saturated carbocycles. The van der Waals surface area contributed by atoms with Crippen molar-refractivity contribution in [1.82, 2.24) is 4.90 Å². The summed E-state index contributed by atoms with van der Waals surface area (Å²) in [4.78, 5) is 26.6. The molecule has 0 fully saturated rings. The Morgan fingerprint density at radius 3 is 1.58 bits per heavy atom. The van der Waals surface area contributed by atoms with Gasteiger partial charge in [-0.25, -0.2) is 0 Å². The van der Waals surface area contributed by atoms with E-state index in [0.29, 0.717) is 52.2 Å². The SMILES string of the molecule is CC/C=C\CCOC(=O)CCCCCCCN(CCO)CCCCCCOC(=O)CCC(OCCCCCCCC)OCCCCCCCC. The number of esters is 2. The highest BCUT2D eigenvalue weighted by atomic mass is 16.7. The minimum Gasteiger partial charge on any atom is -0.466 e. The average Bonchev–Trinajstić information content (AvgIpc) is 3.11. The number of ether oxygens (including phenoxy) is 4. The van der Waals surface area contributed by atoms with Gasteiger partial charge in [-0.2, -0.15) is 0 Å². The largest absolute Gasteiger partial charge is 0.466 e. The molecular formula is C42H81NO7. The number of hydrogen-bond acceptors (Lipinski definition) is 8. The van der Waals surface area contributed by atoms with Crippen LogP contribution in [0.15, 0.2) is 12.2 Å². The van der Waals surface area contributed by atoms with Crippen LogP contribution < -0.4 is 0 Å². The van der Waals surface area contributed by atoms with Crippen molar-refractivity contribution in [3.8, 4) is 0 Å². The van der Waals surface area contributed by atoms with Crippen LogP contribution in [0.2, 0.25) is 0 Å². The lowest BCUT2D eigenvalue weighted by atomic mass is 10.1. The zero-order chi connectivity index (χ0) is 36.6. The molecule has 1 N–H and O–H groups in total. The van der Waals surface area contributed by atoms with Crippen LogP contribution in [-0.4, -0.2) is 80.9 Å². The summed E-state index contributed by atoms with van der Waals surface area (Å²) in [5, 5.41) is 9.49. The van der Waals surface area contributed by atoms with Crippen LogP contribution >= 0.6 is 0 Å². The van der Waals surface area contributed by atoms with Gasteiger partial charge in [0.05, 0.1) is 26.2 Å². The lowest BCUT2D eigenvalue weighted by Gasteiger charge is -2.21. The lowest BCUT2D eigenvalue weighted by molar-refractivity contribution is -0.159. The van der Waals surface area contributed by atoms with Crippen molar-refractivity contribution in [3.05, 3.63) is 12.2 Å². The van der Waals surface area contributed by atoms with E-state index in [1.165, 1.54) is 64.2 Å². The quantitative estimate of drug-likeness (QED) is 0.0290. The summed E-state index contributed by atoms with van der Waals surface area (Å²) >= 11 is 0. The maximum absolute atomic E-state index is 12.4. The van der Waals surface area contributed by atoms with Gasteiger partial charge in [0, 0.05) is 32.6 Å². The molecule has 8 heteroatoms. The number of aliphatic hydroxyl groups excluding tert-OH is 1. The third-order valence-corrected chi connectivity index (χ3v) is 9.04. The highest BCUT2D eigenvalue weighted by Crippen LogP contribution is 2.13. The number of hydrogen-bond donors (Lipinski definition) is 1. The molecule has 0 atom stereocenters.